The molecule has 76 valence electrons. The molecule has 0 unspecified atom stereocenters. The van der Waals surface area contributed by atoms with Crippen LogP contribution < -0.4 is 5.32 Å². The van der Waals surface area contributed by atoms with Crippen molar-refractivity contribution in [1.29, 1.82) is 0 Å². The van der Waals surface area contributed by atoms with Crippen LogP contribution in [0.4, 0.5) is 0 Å². The van der Waals surface area contributed by atoms with E-state index in [1.807, 2.05) is 13.8 Å². The fraction of sp³-hybridized carbons (Fsp3) is 0.750. The van der Waals surface area contributed by atoms with E-state index in [0.717, 1.165) is 0 Å². The van der Waals surface area contributed by atoms with Crippen molar-refractivity contribution < 1.29 is 19.8 Å². The predicted molar refractivity (Wildman–Crippen MR) is 46.1 cm³/mol. The molecular formula is C8H15NO4. The van der Waals surface area contributed by atoms with Crippen LogP contribution in [-0.2, 0) is 9.59 Å². The molecule has 0 aromatic rings. The van der Waals surface area contributed by atoms with E-state index < -0.39 is 12.1 Å². The van der Waals surface area contributed by atoms with Gasteiger partial charge in [-0.2, -0.15) is 0 Å². The summed E-state index contributed by atoms with van der Waals surface area (Å²) in [6, 6.07) is 0. The topological polar surface area (TPSA) is 86.6 Å². The number of amides is 1. The number of carbonyl (C=O) groups is 2. The first-order valence-corrected chi connectivity index (χ1v) is 4.11. The quantitative estimate of drug-likeness (QED) is 0.549. The van der Waals surface area contributed by atoms with Crippen molar-refractivity contribution >= 4 is 11.9 Å². The van der Waals surface area contributed by atoms with Crippen molar-refractivity contribution in [1.82, 2.24) is 5.32 Å². The first-order chi connectivity index (χ1) is 5.93. The number of carbonyl (C=O) groups excluding carboxylic acids is 1. The molecule has 0 aromatic heterocycles. The Labute approximate surface area is 76.8 Å². The lowest BCUT2D eigenvalue weighted by molar-refractivity contribution is -0.146. The average molecular weight is 189 g/mol. The maximum absolute atomic E-state index is 11.0. The monoisotopic (exact) mass is 189 g/mol. The number of aliphatic carboxylic acids is 1. The second-order valence-electron chi connectivity index (χ2n) is 3.26. The van der Waals surface area contributed by atoms with E-state index in [4.69, 9.17) is 10.2 Å². The molecular weight excluding hydrogens is 174 g/mol. The van der Waals surface area contributed by atoms with Crippen LogP contribution in [0.1, 0.15) is 20.3 Å². The number of nitrogens with one attached hydrogen (secondary N) is 1. The Bertz CT molecular complexity index is 191. The van der Waals surface area contributed by atoms with Crippen LogP contribution >= 0.6 is 0 Å². The van der Waals surface area contributed by atoms with Crippen molar-refractivity contribution in [2.24, 2.45) is 5.92 Å². The van der Waals surface area contributed by atoms with Crippen molar-refractivity contribution in [3.8, 4) is 0 Å². The first kappa shape index (κ1) is 11.9. The fourth-order valence-electron chi connectivity index (χ4n) is 0.741. The zero-order chi connectivity index (χ0) is 10.4. The highest BCUT2D eigenvalue weighted by atomic mass is 16.4. The molecule has 5 nitrogen and oxygen atoms in total. The van der Waals surface area contributed by atoms with E-state index in [1.165, 1.54) is 0 Å². The SMILES string of the molecule is CC(C)CC(=O)NC[C@H](O)C(=O)O. The van der Waals surface area contributed by atoms with Gasteiger partial charge in [0, 0.05) is 6.42 Å². The molecule has 0 aliphatic heterocycles. The Hall–Kier alpha value is -1.10. The lowest BCUT2D eigenvalue weighted by atomic mass is 10.1. The summed E-state index contributed by atoms with van der Waals surface area (Å²) < 4.78 is 0. The molecule has 0 fully saturated rings. The van der Waals surface area contributed by atoms with E-state index >= 15 is 0 Å². The Morgan fingerprint density at radius 1 is 1.38 bits per heavy atom. The van der Waals surface area contributed by atoms with Crippen molar-refractivity contribution in [3.05, 3.63) is 0 Å². The molecule has 1 atom stereocenters. The van der Waals surface area contributed by atoms with Gasteiger partial charge in [0.25, 0.3) is 0 Å². The number of aliphatic hydroxyl groups excluding tert-OH is 1. The standard InChI is InChI=1S/C8H15NO4/c1-5(2)3-7(11)9-4-6(10)8(12)13/h5-6,10H,3-4H2,1-2H3,(H,9,11)(H,12,13)/t6-/m0/s1. The van der Waals surface area contributed by atoms with Crippen LogP contribution in [0, 0.1) is 5.92 Å². The Kier molecular flexibility index (Phi) is 5.06. The summed E-state index contributed by atoms with van der Waals surface area (Å²) >= 11 is 0. The third-order valence-electron chi connectivity index (χ3n) is 1.37. The third-order valence-corrected chi connectivity index (χ3v) is 1.37. The summed E-state index contributed by atoms with van der Waals surface area (Å²) in [5, 5.41) is 19.4. The van der Waals surface area contributed by atoms with Crippen molar-refractivity contribution in [2.45, 2.75) is 26.4 Å². The van der Waals surface area contributed by atoms with E-state index in [-0.39, 0.29) is 18.4 Å². The van der Waals surface area contributed by atoms with Crippen LogP contribution in [0.5, 0.6) is 0 Å². The number of hydrogen-bond acceptors (Lipinski definition) is 3. The minimum atomic E-state index is -1.52. The normalized spacial score (nSPS) is 12.6. The van der Waals surface area contributed by atoms with Crippen LogP contribution in [0.3, 0.4) is 0 Å². The van der Waals surface area contributed by atoms with Gasteiger partial charge in [-0.1, -0.05) is 13.8 Å². The number of carboxylic acid groups (broad SMARTS) is 1. The second-order valence-corrected chi connectivity index (χ2v) is 3.26. The molecule has 0 radical (unpaired) electrons. The van der Waals surface area contributed by atoms with Crippen LogP contribution in [0.2, 0.25) is 0 Å². The second kappa shape index (κ2) is 5.53. The molecule has 0 aromatic carbocycles. The Morgan fingerprint density at radius 2 is 1.92 bits per heavy atom. The number of rotatable bonds is 5. The molecule has 0 aliphatic carbocycles. The van der Waals surface area contributed by atoms with Gasteiger partial charge in [0.15, 0.2) is 6.10 Å². The van der Waals surface area contributed by atoms with Gasteiger partial charge in [0.2, 0.25) is 5.91 Å². The molecule has 0 spiro atoms. The number of carboxylic acids is 1. The van der Waals surface area contributed by atoms with Crippen LogP contribution in [0.15, 0.2) is 0 Å². The zero-order valence-electron chi connectivity index (χ0n) is 7.78. The molecule has 0 bridgehead atoms. The molecule has 1 amide bonds. The zero-order valence-corrected chi connectivity index (χ0v) is 7.78. The maximum Gasteiger partial charge on any atom is 0.334 e. The highest BCUT2D eigenvalue weighted by Gasteiger charge is 2.14. The summed E-state index contributed by atoms with van der Waals surface area (Å²) in [4.78, 5) is 21.1. The number of aliphatic hydroxyl groups is 1. The minimum absolute atomic E-state index is 0.224. The van der Waals surface area contributed by atoms with Crippen LogP contribution in [-0.4, -0.2) is 34.7 Å². The largest absolute Gasteiger partial charge is 0.479 e. The maximum atomic E-state index is 11.0. The summed E-state index contributed by atoms with van der Waals surface area (Å²) in [6.07, 6.45) is -1.18. The van der Waals surface area contributed by atoms with Gasteiger partial charge in [-0.15, -0.1) is 0 Å². The smallest absolute Gasteiger partial charge is 0.334 e. The van der Waals surface area contributed by atoms with Crippen LogP contribution in [0.25, 0.3) is 0 Å². The molecule has 0 saturated carbocycles. The van der Waals surface area contributed by atoms with E-state index in [0.29, 0.717) is 6.42 Å². The van der Waals surface area contributed by atoms with E-state index in [2.05, 4.69) is 5.32 Å². The summed E-state index contributed by atoms with van der Waals surface area (Å²) in [5.74, 6) is -1.35. The minimum Gasteiger partial charge on any atom is -0.479 e. The van der Waals surface area contributed by atoms with Gasteiger partial charge in [0.05, 0.1) is 6.54 Å². The molecule has 13 heavy (non-hydrogen) atoms. The fourth-order valence-corrected chi connectivity index (χ4v) is 0.741. The third kappa shape index (κ3) is 6.10. The average Bonchev–Trinajstić information content (AvgIpc) is 1.98. The van der Waals surface area contributed by atoms with Gasteiger partial charge >= 0.3 is 5.97 Å². The Balaban J connectivity index is 3.64. The molecule has 0 rings (SSSR count). The molecule has 0 saturated heterocycles. The summed E-state index contributed by atoms with van der Waals surface area (Å²) in [7, 11) is 0. The first-order valence-electron chi connectivity index (χ1n) is 4.11. The highest BCUT2D eigenvalue weighted by molar-refractivity contribution is 5.78. The number of hydrogen-bond donors (Lipinski definition) is 3. The van der Waals surface area contributed by atoms with Gasteiger partial charge in [0.1, 0.15) is 0 Å². The van der Waals surface area contributed by atoms with Crippen molar-refractivity contribution in [3.63, 3.8) is 0 Å². The molecule has 0 heterocycles. The molecule has 3 N–H and O–H groups in total. The van der Waals surface area contributed by atoms with Gasteiger partial charge in [-0.05, 0) is 5.92 Å². The van der Waals surface area contributed by atoms with Gasteiger partial charge in [-0.25, -0.2) is 4.79 Å². The summed E-state index contributed by atoms with van der Waals surface area (Å²) in [6.45, 7) is 3.53. The van der Waals surface area contributed by atoms with Crippen molar-refractivity contribution in [2.75, 3.05) is 6.54 Å². The van der Waals surface area contributed by atoms with E-state index in [1.54, 1.807) is 0 Å². The van der Waals surface area contributed by atoms with Gasteiger partial charge in [-0.3, -0.25) is 4.79 Å². The lowest BCUT2D eigenvalue weighted by Crippen LogP contribution is -2.36. The molecule has 5 heteroatoms. The summed E-state index contributed by atoms with van der Waals surface area (Å²) in [5.41, 5.74) is 0. The predicted octanol–water partition coefficient (Wildman–Crippen LogP) is -0.406. The van der Waals surface area contributed by atoms with E-state index in [9.17, 15) is 9.59 Å². The highest BCUT2D eigenvalue weighted by Crippen LogP contribution is 1.97. The lowest BCUT2D eigenvalue weighted by Gasteiger charge is -2.08. The Morgan fingerprint density at radius 3 is 2.31 bits per heavy atom. The van der Waals surface area contributed by atoms with Gasteiger partial charge < -0.3 is 15.5 Å². The molecule has 0 aliphatic rings.